The Morgan fingerprint density at radius 1 is 1.75 bits per heavy atom. The van der Waals surface area contributed by atoms with E-state index in [-0.39, 0.29) is 12.2 Å². The third kappa shape index (κ3) is 3.95. The molecule has 0 fully saturated rings. The second-order valence-electron chi connectivity index (χ2n) is 4.25. The van der Waals surface area contributed by atoms with Gasteiger partial charge in [0.25, 0.3) is 0 Å². The van der Waals surface area contributed by atoms with Gasteiger partial charge in [-0.2, -0.15) is 5.26 Å². The third-order valence-electron chi connectivity index (χ3n) is 2.71. The van der Waals surface area contributed by atoms with Crippen LogP contribution in [0.3, 0.4) is 0 Å². The fraction of sp³-hybridized carbons (Fsp3) is 0.417. The number of anilines is 1. The Hall–Kier alpha value is -2.62. The standard InChI is InChI=1S/C12H14N6O2/c1-7-3-9(5-15-11(7)4-13)17-12(20)10(8(2)19)6-16-18-14/h3,5,8,10,19H,6H2,1-2H3,(H,17,20). The van der Waals surface area contributed by atoms with Crippen LogP contribution < -0.4 is 5.32 Å². The van der Waals surface area contributed by atoms with Crippen LogP contribution in [0.5, 0.6) is 0 Å². The molecule has 1 amide bonds. The van der Waals surface area contributed by atoms with Gasteiger partial charge in [-0.05, 0) is 31.0 Å². The number of nitrogens with zero attached hydrogens (tertiary/aromatic N) is 5. The zero-order valence-corrected chi connectivity index (χ0v) is 11.1. The molecule has 2 N–H and O–H groups in total. The topological polar surface area (TPSA) is 135 Å². The second-order valence-corrected chi connectivity index (χ2v) is 4.25. The van der Waals surface area contributed by atoms with Crippen molar-refractivity contribution in [3.05, 3.63) is 34.0 Å². The summed E-state index contributed by atoms with van der Waals surface area (Å²) in [6, 6.07) is 3.53. The highest BCUT2D eigenvalue weighted by molar-refractivity contribution is 5.93. The summed E-state index contributed by atoms with van der Waals surface area (Å²) in [5.74, 6) is -1.32. The lowest BCUT2D eigenvalue weighted by atomic mass is 10.0. The molecule has 0 saturated heterocycles. The molecule has 0 aliphatic heterocycles. The molecule has 0 radical (unpaired) electrons. The van der Waals surface area contributed by atoms with Crippen molar-refractivity contribution in [1.82, 2.24) is 4.98 Å². The average molecular weight is 274 g/mol. The summed E-state index contributed by atoms with van der Waals surface area (Å²) in [6.07, 6.45) is 0.406. The number of amides is 1. The number of nitriles is 1. The van der Waals surface area contributed by atoms with Crippen LogP contribution in [0.2, 0.25) is 0 Å². The number of rotatable bonds is 5. The Morgan fingerprint density at radius 2 is 2.45 bits per heavy atom. The maximum absolute atomic E-state index is 12.0. The Labute approximate surface area is 115 Å². The number of nitrogens with one attached hydrogen (secondary N) is 1. The van der Waals surface area contributed by atoms with Crippen LogP contribution in [-0.2, 0) is 4.79 Å². The summed E-state index contributed by atoms with van der Waals surface area (Å²) in [5.41, 5.74) is 9.60. The Bertz CT molecular complexity index is 586. The fourth-order valence-corrected chi connectivity index (χ4v) is 1.57. The van der Waals surface area contributed by atoms with Gasteiger partial charge in [0.15, 0.2) is 0 Å². The second kappa shape index (κ2) is 7.09. The van der Waals surface area contributed by atoms with Crippen molar-refractivity contribution in [2.75, 3.05) is 11.9 Å². The minimum atomic E-state index is -0.951. The Morgan fingerprint density at radius 3 is 2.95 bits per heavy atom. The molecule has 0 aromatic carbocycles. The number of hydrogen-bond acceptors (Lipinski definition) is 5. The smallest absolute Gasteiger partial charge is 0.230 e. The number of aliphatic hydroxyl groups excluding tert-OH is 1. The number of aryl methyl sites for hydroxylation is 1. The highest BCUT2D eigenvalue weighted by Crippen LogP contribution is 2.14. The first-order valence-corrected chi connectivity index (χ1v) is 5.86. The molecule has 0 saturated carbocycles. The number of aliphatic hydroxyl groups is 1. The first-order valence-electron chi connectivity index (χ1n) is 5.86. The van der Waals surface area contributed by atoms with Crippen LogP contribution >= 0.6 is 0 Å². The molecule has 8 nitrogen and oxygen atoms in total. The molecule has 20 heavy (non-hydrogen) atoms. The van der Waals surface area contributed by atoms with E-state index in [2.05, 4.69) is 20.3 Å². The van der Waals surface area contributed by atoms with E-state index >= 15 is 0 Å². The highest BCUT2D eigenvalue weighted by Gasteiger charge is 2.23. The van der Waals surface area contributed by atoms with Gasteiger partial charge in [-0.25, -0.2) is 4.98 Å². The lowest BCUT2D eigenvalue weighted by Gasteiger charge is -2.17. The monoisotopic (exact) mass is 274 g/mol. The number of aromatic nitrogens is 1. The van der Waals surface area contributed by atoms with Crippen molar-refractivity contribution < 1.29 is 9.90 Å². The summed E-state index contributed by atoms with van der Waals surface area (Å²) in [4.78, 5) is 18.4. The lowest BCUT2D eigenvalue weighted by molar-refractivity contribution is -0.122. The van der Waals surface area contributed by atoms with E-state index in [1.807, 2.05) is 6.07 Å². The van der Waals surface area contributed by atoms with Gasteiger partial charge in [-0.3, -0.25) is 4.79 Å². The molecular formula is C12H14N6O2. The number of carbonyl (C=O) groups is 1. The van der Waals surface area contributed by atoms with E-state index in [4.69, 9.17) is 10.8 Å². The molecule has 0 bridgehead atoms. The van der Waals surface area contributed by atoms with Crippen molar-refractivity contribution in [3.8, 4) is 6.07 Å². The quantitative estimate of drug-likeness (QED) is 0.477. The van der Waals surface area contributed by atoms with E-state index in [0.717, 1.165) is 0 Å². The molecule has 0 aliphatic carbocycles. The summed E-state index contributed by atoms with van der Waals surface area (Å²) >= 11 is 0. The number of azide groups is 1. The third-order valence-corrected chi connectivity index (χ3v) is 2.71. The molecule has 1 aromatic heterocycles. The van der Waals surface area contributed by atoms with E-state index in [9.17, 15) is 9.90 Å². The van der Waals surface area contributed by atoms with Crippen LogP contribution in [0, 0.1) is 24.2 Å². The predicted molar refractivity (Wildman–Crippen MR) is 71.5 cm³/mol. The lowest BCUT2D eigenvalue weighted by Crippen LogP contribution is -2.33. The van der Waals surface area contributed by atoms with Crippen molar-refractivity contribution in [2.45, 2.75) is 20.0 Å². The minimum Gasteiger partial charge on any atom is -0.393 e. The average Bonchev–Trinajstić information content (AvgIpc) is 2.39. The Balaban J connectivity index is 2.85. The van der Waals surface area contributed by atoms with Gasteiger partial charge >= 0.3 is 0 Å². The molecule has 0 spiro atoms. The fourth-order valence-electron chi connectivity index (χ4n) is 1.57. The molecule has 0 aliphatic rings. The van der Waals surface area contributed by atoms with Crippen molar-refractivity contribution >= 4 is 11.6 Å². The van der Waals surface area contributed by atoms with Crippen LogP contribution in [0.4, 0.5) is 5.69 Å². The zero-order chi connectivity index (χ0) is 15.1. The summed E-state index contributed by atoms with van der Waals surface area (Å²) in [7, 11) is 0. The summed E-state index contributed by atoms with van der Waals surface area (Å²) in [5, 5.41) is 24.2. The van der Waals surface area contributed by atoms with E-state index in [1.165, 1.54) is 13.1 Å². The van der Waals surface area contributed by atoms with Crippen molar-refractivity contribution in [1.29, 1.82) is 5.26 Å². The van der Waals surface area contributed by atoms with Gasteiger partial charge in [-0.1, -0.05) is 5.11 Å². The SMILES string of the molecule is Cc1cc(NC(=O)C(CN=[N+]=[N-])C(C)O)cnc1C#N. The molecular weight excluding hydrogens is 260 g/mol. The summed E-state index contributed by atoms with van der Waals surface area (Å²) < 4.78 is 0. The first kappa shape index (κ1) is 15.4. The highest BCUT2D eigenvalue weighted by atomic mass is 16.3. The van der Waals surface area contributed by atoms with E-state index in [0.29, 0.717) is 11.3 Å². The van der Waals surface area contributed by atoms with Gasteiger partial charge < -0.3 is 10.4 Å². The molecule has 8 heteroatoms. The van der Waals surface area contributed by atoms with Crippen molar-refractivity contribution in [2.24, 2.45) is 11.0 Å². The number of pyridine rings is 1. The normalized spacial score (nSPS) is 12.7. The summed E-state index contributed by atoms with van der Waals surface area (Å²) in [6.45, 7) is 3.01. The molecule has 1 rings (SSSR count). The largest absolute Gasteiger partial charge is 0.393 e. The number of carbonyl (C=O) groups excluding carboxylic acids is 1. The minimum absolute atomic E-state index is 0.136. The molecule has 2 unspecified atom stereocenters. The van der Waals surface area contributed by atoms with Crippen LogP contribution in [-0.4, -0.2) is 28.6 Å². The maximum atomic E-state index is 12.0. The van der Waals surface area contributed by atoms with Crippen LogP contribution in [0.25, 0.3) is 10.4 Å². The van der Waals surface area contributed by atoms with Crippen LogP contribution in [0.15, 0.2) is 17.4 Å². The first-order chi connectivity index (χ1) is 9.49. The van der Waals surface area contributed by atoms with Gasteiger partial charge in [0, 0.05) is 11.5 Å². The van der Waals surface area contributed by atoms with Crippen LogP contribution in [0.1, 0.15) is 18.2 Å². The molecule has 1 heterocycles. The van der Waals surface area contributed by atoms with Gasteiger partial charge in [0.2, 0.25) is 5.91 Å². The Kier molecular flexibility index (Phi) is 5.47. The molecule has 2 atom stereocenters. The molecule has 1 aromatic rings. The predicted octanol–water partition coefficient (Wildman–Crippen LogP) is 1.51. The van der Waals surface area contributed by atoms with Gasteiger partial charge in [0.05, 0.1) is 23.9 Å². The van der Waals surface area contributed by atoms with Gasteiger partial charge in [-0.15, -0.1) is 0 Å². The van der Waals surface area contributed by atoms with Crippen molar-refractivity contribution in [3.63, 3.8) is 0 Å². The zero-order valence-electron chi connectivity index (χ0n) is 11.1. The number of hydrogen-bond donors (Lipinski definition) is 2. The molecule has 104 valence electrons. The van der Waals surface area contributed by atoms with Gasteiger partial charge in [0.1, 0.15) is 11.8 Å². The van der Waals surface area contributed by atoms with E-state index in [1.54, 1.807) is 13.0 Å². The van der Waals surface area contributed by atoms with E-state index < -0.39 is 17.9 Å². The maximum Gasteiger partial charge on any atom is 0.230 e.